The number of primary amides is 1. The lowest BCUT2D eigenvalue weighted by Gasteiger charge is -2.48. The van der Waals surface area contributed by atoms with Crippen molar-refractivity contribution in [3.63, 3.8) is 0 Å². The number of rotatable bonds is 7. The largest absolute Gasteiger partial charge is 0.368 e. The standard InChI is InChI=1S/C21H30FN3O2.2ClH/c22-18-8-6-17(7-9-18)19(26)5-4-12-24-15-10-21(11-16-24,20(23)27)25-13-2-1-3-14-25;;/h6-9H,1-5,10-16H2,(H2,23,27);2*1H/i1D2,2D2,3D2,13D2,14D2;;. The third-order valence-corrected chi connectivity index (χ3v) is 5.07. The summed E-state index contributed by atoms with van der Waals surface area (Å²) in [5.74, 6) is -1.81. The minimum atomic E-state index is -3.58. The molecule has 2 heterocycles. The number of likely N-dealkylation sites (tertiary alicyclic amines) is 2. The summed E-state index contributed by atoms with van der Waals surface area (Å²) in [6.07, 6.45) is -10.6. The van der Waals surface area contributed by atoms with Crippen LogP contribution in [0, 0.1) is 5.82 Å². The quantitative estimate of drug-likeness (QED) is 0.636. The molecule has 0 unspecified atom stereocenters. The minimum Gasteiger partial charge on any atom is -0.368 e. The monoisotopic (exact) mass is 457 g/mol. The maximum absolute atomic E-state index is 13.1. The summed E-state index contributed by atoms with van der Waals surface area (Å²) in [5, 5.41) is 0. The Hall–Kier alpha value is -1.21. The highest BCUT2D eigenvalue weighted by atomic mass is 35.5. The summed E-state index contributed by atoms with van der Waals surface area (Å²) < 4.78 is 95.3. The molecule has 0 saturated carbocycles. The van der Waals surface area contributed by atoms with Crippen LogP contribution in [0.15, 0.2) is 24.3 Å². The molecule has 1 aromatic rings. The fourth-order valence-electron chi connectivity index (χ4n) is 3.41. The fourth-order valence-corrected chi connectivity index (χ4v) is 3.41. The van der Waals surface area contributed by atoms with Crippen molar-refractivity contribution in [3.05, 3.63) is 35.6 Å². The Morgan fingerprint density at radius 2 is 1.66 bits per heavy atom. The van der Waals surface area contributed by atoms with Gasteiger partial charge >= 0.3 is 0 Å². The number of piperidine rings is 2. The van der Waals surface area contributed by atoms with E-state index in [2.05, 4.69) is 0 Å². The summed E-state index contributed by atoms with van der Waals surface area (Å²) in [4.78, 5) is 27.1. The Morgan fingerprint density at radius 1 is 1.07 bits per heavy atom. The van der Waals surface area contributed by atoms with Gasteiger partial charge in [-0.05, 0) is 75.8 Å². The first-order valence-corrected chi connectivity index (χ1v) is 8.89. The molecule has 0 radical (unpaired) electrons. The lowest BCUT2D eigenvalue weighted by atomic mass is 9.83. The normalized spacial score (nSPS) is 33.4. The van der Waals surface area contributed by atoms with Crippen molar-refractivity contribution in [2.45, 2.75) is 50.3 Å². The average Bonchev–Trinajstić information content (AvgIpc) is 2.79. The Balaban J connectivity index is 0.00000380. The van der Waals surface area contributed by atoms with E-state index in [-0.39, 0.29) is 67.8 Å². The van der Waals surface area contributed by atoms with Crippen LogP contribution >= 0.6 is 24.8 Å². The number of halogens is 3. The molecule has 8 heteroatoms. The van der Waals surface area contributed by atoms with E-state index in [0.29, 0.717) is 18.5 Å². The van der Waals surface area contributed by atoms with Crippen molar-refractivity contribution in [2.24, 2.45) is 5.73 Å². The molecule has 0 bridgehead atoms. The van der Waals surface area contributed by atoms with Crippen LogP contribution in [0.3, 0.4) is 0 Å². The molecule has 2 aliphatic heterocycles. The van der Waals surface area contributed by atoms with Crippen molar-refractivity contribution < 1.29 is 27.7 Å². The first-order chi connectivity index (χ1) is 16.8. The second-order valence-electron chi connectivity index (χ2n) is 6.71. The molecule has 0 aromatic heterocycles. The third kappa shape index (κ3) is 6.38. The highest BCUT2D eigenvalue weighted by Gasteiger charge is 2.44. The van der Waals surface area contributed by atoms with Crippen molar-refractivity contribution in [2.75, 3.05) is 32.6 Å². The van der Waals surface area contributed by atoms with E-state index in [1.54, 1.807) is 0 Å². The second-order valence-corrected chi connectivity index (χ2v) is 6.71. The van der Waals surface area contributed by atoms with Gasteiger partial charge in [0.25, 0.3) is 0 Å². The molecule has 0 aliphatic carbocycles. The Bertz CT molecular complexity index is 1020. The Morgan fingerprint density at radius 3 is 2.21 bits per heavy atom. The van der Waals surface area contributed by atoms with E-state index in [0.717, 1.165) is 0 Å². The summed E-state index contributed by atoms with van der Waals surface area (Å²) >= 11 is 0. The van der Waals surface area contributed by atoms with Gasteiger partial charge in [-0.3, -0.25) is 14.5 Å². The summed E-state index contributed by atoms with van der Waals surface area (Å²) in [7, 11) is 0. The van der Waals surface area contributed by atoms with Crippen LogP contribution < -0.4 is 5.73 Å². The molecule has 2 fully saturated rings. The minimum absolute atomic E-state index is 0. The van der Waals surface area contributed by atoms with Crippen LogP contribution in [0.5, 0.6) is 0 Å². The van der Waals surface area contributed by atoms with E-state index in [1.807, 2.05) is 4.90 Å². The first kappa shape index (κ1) is 14.0. The van der Waals surface area contributed by atoms with Crippen molar-refractivity contribution >= 4 is 36.5 Å². The van der Waals surface area contributed by atoms with Crippen LogP contribution in [0.4, 0.5) is 4.39 Å². The number of carbonyl (C=O) groups is 2. The van der Waals surface area contributed by atoms with Crippen LogP contribution in [0.25, 0.3) is 0 Å². The van der Waals surface area contributed by atoms with Gasteiger partial charge in [0, 0.05) is 38.8 Å². The SMILES string of the molecule is Cl.Cl.[2H]C1([2H])N(C2(C(N)=O)CCN(CCCC(=O)c3ccc(F)cc3)CC2)C([2H])([2H])C([2H])([2H])C([2H])([2H])C1([2H])[2H]. The fraction of sp³-hybridized carbons (Fsp3) is 0.619. The highest BCUT2D eigenvalue weighted by Crippen LogP contribution is 2.31. The van der Waals surface area contributed by atoms with Crippen LogP contribution in [-0.2, 0) is 4.79 Å². The molecule has 5 nitrogen and oxygen atoms in total. The molecule has 2 aliphatic rings. The van der Waals surface area contributed by atoms with Crippen molar-refractivity contribution in [1.82, 2.24) is 9.80 Å². The number of hydrogen-bond acceptors (Lipinski definition) is 4. The predicted octanol–water partition coefficient (Wildman–Crippen LogP) is 3.44. The molecule has 2 N–H and O–H groups in total. The van der Waals surface area contributed by atoms with E-state index in [9.17, 15) is 14.0 Å². The first-order valence-electron chi connectivity index (χ1n) is 13.9. The number of carbonyl (C=O) groups excluding carboxylic acids is 2. The third-order valence-electron chi connectivity index (χ3n) is 5.07. The van der Waals surface area contributed by atoms with Gasteiger partial charge in [0.15, 0.2) is 5.78 Å². The predicted molar refractivity (Wildman–Crippen MR) is 117 cm³/mol. The maximum Gasteiger partial charge on any atom is 0.238 e. The molecule has 29 heavy (non-hydrogen) atoms. The second kappa shape index (κ2) is 11.8. The molecule has 1 amide bonds. The number of nitrogens with two attached hydrogens (primary N) is 1. The maximum atomic E-state index is 13.1. The molecule has 1 aromatic carbocycles. The number of ketones is 1. The summed E-state index contributed by atoms with van der Waals surface area (Å²) in [6.45, 7) is -6.30. The summed E-state index contributed by atoms with van der Waals surface area (Å²) in [6, 6.07) is 5.16. The summed E-state index contributed by atoms with van der Waals surface area (Å²) in [5.41, 5.74) is 3.87. The number of Topliss-reactive ketones (excluding diaryl/α,β-unsaturated/α-hetero) is 1. The highest BCUT2D eigenvalue weighted by molar-refractivity contribution is 5.95. The zero-order valence-corrected chi connectivity index (χ0v) is 17.4. The van der Waals surface area contributed by atoms with E-state index in [1.165, 1.54) is 24.3 Å². The van der Waals surface area contributed by atoms with E-state index < -0.39 is 49.4 Å². The van der Waals surface area contributed by atoms with Crippen LogP contribution in [-0.4, -0.2) is 59.7 Å². The van der Waals surface area contributed by atoms with E-state index in [4.69, 9.17) is 19.4 Å². The van der Waals surface area contributed by atoms with Gasteiger partial charge in [-0.25, -0.2) is 4.39 Å². The van der Waals surface area contributed by atoms with Gasteiger partial charge in [0.2, 0.25) is 5.91 Å². The Labute approximate surface area is 199 Å². The number of hydrogen-bond donors (Lipinski definition) is 1. The lowest BCUT2D eigenvalue weighted by Crippen LogP contribution is -2.63. The zero-order valence-electron chi connectivity index (χ0n) is 25.7. The lowest BCUT2D eigenvalue weighted by molar-refractivity contribution is -0.134. The van der Waals surface area contributed by atoms with Gasteiger partial charge in [-0.2, -0.15) is 0 Å². The van der Waals surface area contributed by atoms with Crippen LogP contribution in [0.1, 0.15) is 68.9 Å². The Kier molecular flexibility index (Phi) is 5.70. The average molecular weight is 458 g/mol. The molecule has 0 atom stereocenters. The molecule has 0 spiro atoms. The smallest absolute Gasteiger partial charge is 0.238 e. The zero-order chi connectivity index (χ0) is 28.2. The van der Waals surface area contributed by atoms with Gasteiger partial charge in [0.05, 0.1) is 0 Å². The van der Waals surface area contributed by atoms with E-state index >= 15 is 0 Å². The number of nitrogens with zero attached hydrogens (tertiary/aromatic N) is 2. The topological polar surface area (TPSA) is 66.6 Å². The van der Waals surface area contributed by atoms with Crippen molar-refractivity contribution in [1.29, 1.82) is 0 Å². The van der Waals surface area contributed by atoms with Gasteiger partial charge < -0.3 is 10.6 Å². The number of amides is 1. The van der Waals surface area contributed by atoms with Crippen molar-refractivity contribution in [3.8, 4) is 0 Å². The van der Waals surface area contributed by atoms with Gasteiger partial charge in [0.1, 0.15) is 11.4 Å². The molecule has 3 rings (SSSR count). The van der Waals surface area contributed by atoms with Gasteiger partial charge in [-0.15, -0.1) is 24.8 Å². The van der Waals surface area contributed by atoms with Gasteiger partial charge in [-0.1, -0.05) is 6.37 Å². The molecule has 164 valence electrons. The molecule has 2 saturated heterocycles. The molecular formula is C21H32Cl2FN3O2. The van der Waals surface area contributed by atoms with Crippen LogP contribution in [0.2, 0.25) is 0 Å². The number of benzene rings is 1. The molecular weight excluding hydrogens is 416 g/mol.